The summed E-state index contributed by atoms with van der Waals surface area (Å²) in [6, 6.07) is 27.1. The van der Waals surface area contributed by atoms with Crippen LogP contribution in [0.2, 0.25) is 0 Å². The zero-order valence-corrected chi connectivity index (χ0v) is 26.7. The van der Waals surface area contributed by atoms with Crippen molar-refractivity contribution in [2.75, 3.05) is 0 Å². The van der Waals surface area contributed by atoms with Gasteiger partial charge in [0.15, 0.2) is 5.65 Å². The number of carbonyl (C=O) groups is 2. The second-order valence-corrected chi connectivity index (χ2v) is 10.3. The molecule has 0 aliphatic carbocycles. The third kappa shape index (κ3) is 11.5. The third-order valence-corrected chi connectivity index (χ3v) is 6.47. The minimum absolute atomic E-state index is 0.326. The minimum atomic E-state index is -5.08. The van der Waals surface area contributed by atoms with Crippen LogP contribution >= 0.6 is 0 Å². The van der Waals surface area contributed by atoms with Crippen LogP contribution in [-0.2, 0) is 29.9 Å². The Bertz CT molecular complexity index is 2040. The largest absolute Gasteiger partial charge is 0.490 e. The molecule has 0 amide bonds. The lowest BCUT2D eigenvalue weighted by Crippen LogP contribution is -2.21. The second kappa shape index (κ2) is 16.9. The number of nitrogens with zero attached hydrogens (tertiary/aromatic N) is 4. The molecule has 0 spiro atoms. The number of ether oxygens (including phenoxy) is 3. The molecule has 272 valence electrons. The van der Waals surface area contributed by atoms with Crippen LogP contribution in [-0.4, -0.2) is 59.0 Å². The topological polar surface area (TPSA) is 162 Å². The van der Waals surface area contributed by atoms with Gasteiger partial charge < -0.3 is 34.0 Å². The zero-order valence-electron chi connectivity index (χ0n) is 26.7. The molecule has 6 aromatic rings. The van der Waals surface area contributed by atoms with Crippen LogP contribution in [0.3, 0.4) is 0 Å². The molecule has 12 nitrogen and oxygen atoms in total. The number of nitrogens with one attached hydrogen (secondary N) is 1. The number of halogens is 6. The van der Waals surface area contributed by atoms with Crippen LogP contribution in [0.1, 0.15) is 11.4 Å². The fourth-order valence-electron chi connectivity index (χ4n) is 4.03. The Morgan fingerprint density at radius 1 is 0.731 bits per heavy atom. The number of carboxylic acid groups (broad SMARTS) is 2. The summed E-state index contributed by atoms with van der Waals surface area (Å²) in [4.78, 5) is 34.5. The molecule has 52 heavy (non-hydrogen) atoms. The summed E-state index contributed by atoms with van der Waals surface area (Å²) >= 11 is 0. The van der Waals surface area contributed by atoms with E-state index in [1.54, 1.807) is 12.4 Å². The van der Waals surface area contributed by atoms with E-state index < -0.39 is 24.3 Å². The summed E-state index contributed by atoms with van der Waals surface area (Å²) in [5.41, 5.74) is 3.32. The first-order valence-corrected chi connectivity index (χ1v) is 14.7. The summed E-state index contributed by atoms with van der Waals surface area (Å²) in [6.07, 6.45) is -4.79. The number of hydrogen-bond acceptors (Lipinski definition) is 8. The van der Waals surface area contributed by atoms with E-state index in [9.17, 15) is 26.3 Å². The number of benzene rings is 3. The number of hydrogen-bond donors (Lipinski definition) is 3. The van der Waals surface area contributed by atoms with Gasteiger partial charge in [0.05, 0.1) is 0 Å². The van der Waals surface area contributed by atoms with Gasteiger partial charge in [-0.05, 0) is 54.1 Å². The normalized spacial score (nSPS) is 11.1. The zero-order chi connectivity index (χ0) is 37.9. The Balaban J connectivity index is 0.000000367. The number of aliphatic carboxylic acids is 2. The standard InChI is InChI=1S/C30H25N5O3.2C2HF3O2/c1-35-14-13-31-28(35)20-37-26-17-22(29-33-27-11-6-12-32-30(27)34-29)16-25(18-26)36-19-21-7-5-10-24(15-21)38-23-8-3-2-4-9-23;2*3-2(4,5)1(6)7/h2-18H,19-20H2,1H3,(H,32,33,34);2*(H,6,7). The molecule has 0 saturated carbocycles. The first-order chi connectivity index (χ1) is 24.6. The number of aromatic nitrogens is 5. The highest BCUT2D eigenvalue weighted by atomic mass is 19.4. The Morgan fingerprint density at radius 2 is 1.35 bits per heavy atom. The lowest BCUT2D eigenvalue weighted by Gasteiger charge is -2.13. The van der Waals surface area contributed by atoms with Crippen LogP contribution in [0.5, 0.6) is 23.0 Å². The number of aromatic amines is 1. The predicted molar refractivity (Wildman–Crippen MR) is 172 cm³/mol. The van der Waals surface area contributed by atoms with Gasteiger partial charge in [-0.1, -0.05) is 30.3 Å². The van der Waals surface area contributed by atoms with E-state index in [-0.39, 0.29) is 0 Å². The van der Waals surface area contributed by atoms with E-state index in [0.717, 1.165) is 39.6 Å². The lowest BCUT2D eigenvalue weighted by atomic mass is 10.2. The predicted octanol–water partition coefficient (Wildman–Crippen LogP) is 7.58. The Labute approximate surface area is 289 Å². The first kappa shape index (κ1) is 38.2. The van der Waals surface area contributed by atoms with E-state index in [2.05, 4.69) is 15.0 Å². The van der Waals surface area contributed by atoms with Crippen molar-refractivity contribution in [3.63, 3.8) is 0 Å². The van der Waals surface area contributed by atoms with Crippen molar-refractivity contribution in [2.45, 2.75) is 25.6 Å². The molecule has 3 N–H and O–H groups in total. The van der Waals surface area contributed by atoms with Crippen molar-refractivity contribution < 1.29 is 60.4 Å². The highest BCUT2D eigenvalue weighted by Crippen LogP contribution is 2.31. The second-order valence-electron chi connectivity index (χ2n) is 10.3. The Morgan fingerprint density at radius 3 is 1.92 bits per heavy atom. The summed E-state index contributed by atoms with van der Waals surface area (Å²) in [5.74, 6) is -1.17. The maximum absolute atomic E-state index is 10.6. The molecule has 0 unspecified atom stereocenters. The first-order valence-electron chi connectivity index (χ1n) is 14.7. The number of alkyl halides is 6. The van der Waals surface area contributed by atoms with Crippen molar-refractivity contribution in [2.24, 2.45) is 7.05 Å². The number of pyridine rings is 1. The van der Waals surface area contributed by atoms with Gasteiger partial charge in [0.1, 0.15) is 53.4 Å². The summed E-state index contributed by atoms with van der Waals surface area (Å²) in [7, 11) is 1.94. The number of H-pyrrole nitrogens is 1. The smallest absolute Gasteiger partial charge is 0.489 e. The Kier molecular flexibility index (Phi) is 12.4. The van der Waals surface area contributed by atoms with Crippen molar-refractivity contribution >= 4 is 23.1 Å². The highest BCUT2D eigenvalue weighted by molar-refractivity contribution is 5.76. The molecule has 18 heteroatoms. The van der Waals surface area contributed by atoms with Gasteiger partial charge in [0.25, 0.3) is 0 Å². The van der Waals surface area contributed by atoms with Crippen LogP contribution in [0.15, 0.2) is 104 Å². The average Bonchev–Trinajstić information content (AvgIpc) is 3.72. The number of para-hydroxylation sites is 1. The van der Waals surface area contributed by atoms with Crippen molar-refractivity contribution in [3.8, 4) is 34.4 Å². The molecule has 6 rings (SSSR count). The number of carboxylic acids is 2. The summed E-state index contributed by atoms with van der Waals surface area (Å²) < 4.78 is 83.7. The lowest BCUT2D eigenvalue weighted by molar-refractivity contribution is -0.193. The maximum Gasteiger partial charge on any atom is 0.490 e. The maximum atomic E-state index is 10.6. The quantitative estimate of drug-likeness (QED) is 0.127. The molecule has 0 radical (unpaired) electrons. The average molecular weight is 732 g/mol. The summed E-state index contributed by atoms with van der Waals surface area (Å²) in [5, 5.41) is 14.2. The van der Waals surface area contributed by atoms with E-state index >= 15 is 0 Å². The van der Waals surface area contributed by atoms with Gasteiger partial charge in [0, 0.05) is 37.3 Å². The van der Waals surface area contributed by atoms with Gasteiger partial charge >= 0.3 is 24.3 Å². The fourth-order valence-corrected chi connectivity index (χ4v) is 4.03. The van der Waals surface area contributed by atoms with Crippen molar-refractivity contribution in [1.29, 1.82) is 0 Å². The Hall–Kier alpha value is -6.59. The highest BCUT2D eigenvalue weighted by Gasteiger charge is 2.38. The van der Waals surface area contributed by atoms with Crippen molar-refractivity contribution in [1.82, 2.24) is 24.5 Å². The van der Waals surface area contributed by atoms with Crippen LogP contribution in [0.4, 0.5) is 26.3 Å². The van der Waals surface area contributed by atoms with Gasteiger partial charge in [-0.2, -0.15) is 26.3 Å². The van der Waals surface area contributed by atoms with Crippen LogP contribution in [0, 0.1) is 0 Å². The molecule has 0 fully saturated rings. The van der Waals surface area contributed by atoms with Gasteiger partial charge in [0.2, 0.25) is 0 Å². The number of aryl methyl sites for hydroxylation is 1. The monoisotopic (exact) mass is 731 g/mol. The van der Waals surface area contributed by atoms with Gasteiger partial charge in [-0.15, -0.1) is 0 Å². The number of fused-ring (bicyclic) bond motifs is 1. The van der Waals surface area contributed by atoms with E-state index in [4.69, 9.17) is 39.0 Å². The molecule has 0 aliphatic rings. The molecule has 0 saturated heterocycles. The molecule has 3 heterocycles. The van der Waals surface area contributed by atoms with Crippen LogP contribution < -0.4 is 14.2 Å². The van der Waals surface area contributed by atoms with Crippen molar-refractivity contribution in [3.05, 3.63) is 115 Å². The van der Waals surface area contributed by atoms with E-state index in [0.29, 0.717) is 30.5 Å². The van der Waals surface area contributed by atoms with E-state index in [1.807, 2.05) is 103 Å². The van der Waals surface area contributed by atoms with Crippen LogP contribution in [0.25, 0.3) is 22.6 Å². The van der Waals surface area contributed by atoms with Gasteiger partial charge in [-0.25, -0.2) is 24.5 Å². The molecular formula is C34H27F6N5O7. The molecule has 0 bridgehead atoms. The molecule has 0 aliphatic heterocycles. The SMILES string of the molecule is Cn1ccnc1COc1cc(OCc2cccc(Oc3ccccc3)c2)cc(-c2nc3cccnc3[nH]2)c1.O=C(O)C(F)(F)F.O=C(O)C(F)(F)F. The minimum Gasteiger partial charge on any atom is -0.489 e. The fraction of sp³-hybridized carbons (Fsp3) is 0.147. The summed E-state index contributed by atoms with van der Waals surface area (Å²) in [6.45, 7) is 0.683. The molecule has 0 atom stereocenters. The van der Waals surface area contributed by atoms with Gasteiger partial charge in [-0.3, -0.25) is 0 Å². The number of imidazole rings is 2. The van der Waals surface area contributed by atoms with E-state index in [1.165, 1.54) is 0 Å². The molecular weight excluding hydrogens is 704 g/mol. The number of rotatable bonds is 9. The third-order valence-electron chi connectivity index (χ3n) is 6.47. The molecule has 3 aromatic heterocycles. The molecule has 3 aromatic carbocycles.